The van der Waals surface area contributed by atoms with E-state index in [2.05, 4.69) is 25.0 Å². The van der Waals surface area contributed by atoms with Gasteiger partial charge in [-0.3, -0.25) is 4.57 Å². The van der Waals surface area contributed by atoms with Crippen LogP contribution in [0.2, 0.25) is 0 Å². The number of aromatic nitrogens is 4. The van der Waals surface area contributed by atoms with E-state index in [1.54, 1.807) is 0 Å². The van der Waals surface area contributed by atoms with Crippen molar-refractivity contribution in [2.75, 3.05) is 12.3 Å². The van der Waals surface area contributed by atoms with Crippen molar-refractivity contribution in [3.63, 3.8) is 0 Å². The molecule has 2 aliphatic rings. The number of azide groups is 1. The highest BCUT2D eigenvalue weighted by atomic mass is 31.2. The highest BCUT2D eigenvalue weighted by Gasteiger charge is 2.57. The SMILES string of the molecule is [B][P+]1(O)OC[C@H]2O[C@@H](n3c(N=[N+]=[N-])nc4c(N)ncnc43)C(O)[C@@H]2O1. The van der Waals surface area contributed by atoms with Crippen molar-refractivity contribution >= 4 is 38.3 Å². The van der Waals surface area contributed by atoms with E-state index in [1.165, 1.54) is 10.9 Å². The minimum absolute atomic E-state index is 0.0698. The van der Waals surface area contributed by atoms with Gasteiger partial charge in [0.1, 0.15) is 25.1 Å². The maximum atomic E-state index is 10.6. The van der Waals surface area contributed by atoms with Crippen molar-refractivity contribution in [1.29, 1.82) is 0 Å². The van der Waals surface area contributed by atoms with Crippen molar-refractivity contribution in [2.24, 2.45) is 5.11 Å². The Morgan fingerprint density at radius 1 is 1.52 bits per heavy atom. The number of ether oxygens (including phenoxy) is 1. The second-order valence-electron chi connectivity index (χ2n) is 5.39. The summed E-state index contributed by atoms with van der Waals surface area (Å²) in [6.45, 7) is -0.0698. The zero-order valence-corrected chi connectivity index (χ0v) is 13.3. The highest BCUT2D eigenvalue weighted by molar-refractivity contribution is 7.85. The lowest BCUT2D eigenvalue weighted by Crippen LogP contribution is -2.40. The van der Waals surface area contributed by atoms with E-state index in [0.717, 1.165) is 0 Å². The normalized spacial score (nSPS) is 34.6. The maximum absolute atomic E-state index is 10.6. The minimum atomic E-state index is -3.52. The van der Waals surface area contributed by atoms with Crippen molar-refractivity contribution in [3.8, 4) is 0 Å². The fourth-order valence-electron chi connectivity index (χ4n) is 2.84. The van der Waals surface area contributed by atoms with Gasteiger partial charge in [-0.2, -0.15) is 9.05 Å². The smallest absolute Gasteiger partial charge is 0.385 e. The minimum Gasteiger partial charge on any atom is -0.385 e. The Morgan fingerprint density at radius 3 is 3.08 bits per heavy atom. The second-order valence-corrected chi connectivity index (χ2v) is 6.99. The van der Waals surface area contributed by atoms with E-state index in [1.807, 2.05) is 0 Å². The molecule has 2 aliphatic heterocycles. The first-order valence-corrected chi connectivity index (χ1v) is 8.66. The summed E-state index contributed by atoms with van der Waals surface area (Å²) in [7, 11) is 1.96. The highest BCUT2D eigenvalue weighted by Crippen LogP contribution is 2.58. The van der Waals surface area contributed by atoms with Crippen LogP contribution in [0.5, 0.6) is 0 Å². The quantitative estimate of drug-likeness (QED) is 0.214. The van der Waals surface area contributed by atoms with Crippen LogP contribution in [0.25, 0.3) is 21.6 Å². The number of fused-ring (bicyclic) bond motifs is 2. The third kappa shape index (κ3) is 2.60. The Hall–Kier alpha value is -2.05. The monoisotopic (exact) mass is 365 g/mol. The molecule has 2 aromatic heterocycles. The number of hydrogen-bond acceptors (Lipinski definition) is 10. The molecule has 2 fully saturated rings. The lowest BCUT2D eigenvalue weighted by Gasteiger charge is -2.27. The van der Waals surface area contributed by atoms with Gasteiger partial charge in [0.05, 0.1) is 0 Å². The van der Waals surface area contributed by atoms with E-state index < -0.39 is 32.4 Å². The Balaban J connectivity index is 1.81. The zero-order chi connectivity index (χ0) is 17.8. The van der Waals surface area contributed by atoms with Gasteiger partial charge < -0.3 is 15.6 Å². The predicted octanol–water partition coefficient (Wildman–Crippen LogP) is -0.138. The first kappa shape index (κ1) is 16.4. The van der Waals surface area contributed by atoms with Gasteiger partial charge in [0, 0.05) is 4.91 Å². The van der Waals surface area contributed by atoms with E-state index in [0.29, 0.717) is 0 Å². The molecule has 4 N–H and O–H groups in total. The van der Waals surface area contributed by atoms with E-state index in [4.69, 9.17) is 32.6 Å². The topological polar surface area (TPSA) is 187 Å². The molecular weight excluding hydrogens is 354 g/mol. The summed E-state index contributed by atoms with van der Waals surface area (Å²) >= 11 is 0. The molecule has 0 bridgehead atoms. The van der Waals surface area contributed by atoms with Crippen molar-refractivity contribution < 1.29 is 23.8 Å². The summed E-state index contributed by atoms with van der Waals surface area (Å²) in [5, 5.41) is 14.1. The summed E-state index contributed by atoms with van der Waals surface area (Å²) < 4.78 is 17.3. The van der Waals surface area contributed by atoms with Crippen LogP contribution in [-0.4, -0.2) is 62.0 Å². The molecule has 0 aromatic carbocycles. The molecule has 4 heterocycles. The Morgan fingerprint density at radius 2 is 2.32 bits per heavy atom. The maximum Gasteiger partial charge on any atom is 0.488 e. The van der Waals surface area contributed by atoms with Crippen LogP contribution in [-0.2, 0) is 13.8 Å². The Bertz CT molecular complexity index is 888. The van der Waals surface area contributed by atoms with Gasteiger partial charge in [-0.15, -0.1) is 0 Å². The number of anilines is 1. The number of aliphatic hydroxyl groups is 1. The van der Waals surface area contributed by atoms with Gasteiger partial charge in [0.2, 0.25) is 5.95 Å². The molecule has 2 saturated heterocycles. The Kier molecular flexibility index (Phi) is 3.78. The number of nitrogens with zero attached hydrogens (tertiary/aromatic N) is 7. The lowest BCUT2D eigenvalue weighted by molar-refractivity contribution is -0.0598. The number of hydrogen-bond donors (Lipinski definition) is 3. The van der Waals surface area contributed by atoms with Crippen LogP contribution < -0.4 is 5.73 Å². The molecule has 4 rings (SSSR count). The van der Waals surface area contributed by atoms with Gasteiger partial charge in [0.25, 0.3) is 0 Å². The lowest BCUT2D eigenvalue weighted by atomic mass is 10.1. The van der Waals surface area contributed by atoms with Gasteiger partial charge in [-0.1, -0.05) is 0 Å². The summed E-state index contributed by atoms with van der Waals surface area (Å²) in [5.41, 5.74) is 14.9. The molecule has 0 amide bonds. The van der Waals surface area contributed by atoms with Crippen LogP contribution in [0.3, 0.4) is 0 Å². The summed E-state index contributed by atoms with van der Waals surface area (Å²) in [5.74, 6) is -0.0454. The van der Waals surface area contributed by atoms with Gasteiger partial charge >= 0.3 is 15.4 Å². The largest absolute Gasteiger partial charge is 0.488 e. The van der Waals surface area contributed by atoms with Crippen LogP contribution in [0.1, 0.15) is 6.23 Å². The van der Waals surface area contributed by atoms with Crippen LogP contribution in [0, 0.1) is 0 Å². The second kappa shape index (κ2) is 5.75. The van der Waals surface area contributed by atoms with E-state index in [-0.39, 0.29) is 29.5 Å². The summed E-state index contributed by atoms with van der Waals surface area (Å²) in [6, 6.07) is 0. The molecule has 15 heteroatoms. The number of aliphatic hydroxyl groups excluding tert-OH is 1. The number of nitrogen functional groups attached to an aromatic ring is 1. The van der Waals surface area contributed by atoms with Gasteiger partial charge in [-0.25, -0.2) is 19.8 Å². The number of rotatable bonds is 2. The van der Waals surface area contributed by atoms with Gasteiger partial charge in [0.15, 0.2) is 29.3 Å². The molecule has 25 heavy (non-hydrogen) atoms. The molecule has 5 atom stereocenters. The van der Waals surface area contributed by atoms with Gasteiger partial charge in [-0.05, 0) is 10.6 Å². The molecule has 128 valence electrons. The standard InChI is InChI=1S/C10H11BN8O5P/c11-25(21)22-1-3-6(24-25)5(20)9(23-3)19-8-4(7(12)14-2-15-8)16-10(19)17-18-13/h2-3,5-6,9,20-21H,1H2,(H2,12,14,15)/q+1/t3-,5?,6-,9-,25?/m1/s1. The predicted molar refractivity (Wildman–Crippen MR) is 84.2 cm³/mol. The van der Waals surface area contributed by atoms with Crippen molar-refractivity contribution in [2.45, 2.75) is 24.5 Å². The fourth-order valence-corrected chi connectivity index (χ4v) is 3.87. The molecule has 0 spiro atoms. The molecule has 0 saturated carbocycles. The first-order chi connectivity index (χ1) is 11.9. The molecular formula is C10H11BN8O5P+. The summed E-state index contributed by atoms with van der Waals surface area (Å²) in [4.78, 5) is 24.4. The molecule has 2 radical (unpaired) electrons. The van der Waals surface area contributed by atoms with Crippen molar-refractivity contribution in [3.05, 3.63) is 16.8 Å². The van der Waals surface area contributed by atoms with Crippen molar-refractivity contribution in [1.82, 2.24) is 19.5 Å². The molecule has 13 nitrogen and oxygen atoms in total. The zero-order valence-electron chi connectivity index (χ0n) is 12.4. The van der Waals surface area contributed by atoms with Crippen LogP contribution in [0.4, 0.5) is 11.8 Å². The van der Waals surface area contributed by atoms with E-state index >= 15 is 0 Å². The molecule has 0 aliphatic carbocycles. The fraction of sp³-hybridized carbons (Fsp3) is 0.500. The molecule has 2 aromatic rings. The summed E-state index contributed by atoms with van der Waals surface area (Å²) in [6.07, 6.45) is -2.76. The number of nitrogens with two attached hydrogens (primary N) is 1. The van der Waals surface area contributed by atoms with E-state index in [9.17, 15) is 10.00 Å². The average Bonchev–Trinajstić information content (AvgIpc) is 3.06. The van der Waals surface area contributed by atoms with Crippen LogP contribution >= 0.6 is 7.82 Å². The molecule has 2 unspecified atom stereocenters. The third-order valence-electron chi connectivity index (χ3n) is 3.88. The van der Waals surface area contributed by atoms with Crippen LogP contribution in [0.15, 0.2) is 11.4 Å². The first-order valence-electron chi connectivity index (χ1n) is 7.01. The number of imidazole rings is 1. The Labute approximate surface area is 141 Å². The third-order valence-corrected chi connectivity index (χ3v) is 4.95. The average molecular weight is 365 g/mol.